The van der Waals surface area contributed by atoms with Crippen LogP contribution in [0.5, 0.6) is 0 Å². The van der Waals surface area contributed by atoms with Crippen molar-refractivity contribution in [1.82, 2.24) is 0 Å². The second kappa shape index (κ2) is 10.1. The van der Waals surface area contributed by atoms with Crippen LogP contribution in [-0.2, 0) is 45.1 Å². The first-order chi connectivity index (χ1) is 16.6. The molecule has 0 unspecified atom stereocenters. The molecule has 4 aromatic carbocycles. The van der Waals surface area contributed by atoms with Crippen molar-refractivity contribution in [2.75, 3.05) is 0 Å². The molecule has 0 heterocycles. The number of hydrogen-bond donors (Lipinski definition) is 0. The van der Waals surface area contributed by atoms with Gasteiger partial charge in [-0.25, -0.2) is 0 Å². The minimum absolute atomic E-state index is 0. The summed E-state index contributed by atoms with van der Waals surface area (Å²) in [6, 6.07) is 22.3. The zero-order valence-electron chi connectivity index (χ0n) is 20.3. The average molecular weight is 678 g/mol. The van der Waals surface area contributed by atoms with E-state index in [0.29, 0.717) is 0 Å². The fourth-order valence-electron chi connectivity index (χ4n) is 5.91. The third kappa shape index (κ3) is 4.25. The number of fused-ring (bicyclic) bond motifs is 6. The first-order valence-electron chi connectivity index (χ1n) is 12.4. The Morgan fingerprint density at radius 2 is 1.29 bits per heavy atom. The van der Waals surface area contributed by atoms with Crippen LogP contribution >= 0.6 is 23.2 Å². The summed E-state index contributed by atoms with van der Waals surface area (Å²) in [5, 5.41) is 4.76. The maximum atomic E-state index is 7.26. The van der Waals surface area contributed by atoms with E-state index in [0.717, 1.165) is 29.3 Å². The van der Waals surface area contributed by atoms with Crippen molar-refractivity contribution in [1.29, 1.82) is 0 Å². The average Bonchev–Trinajstić information content (AvgIpc) is 3.41. The van der Waals surface area contributed by atoms with Crippen molar-refractivity contribution in [3.05, 3.63) is 104 Å². The molecule has 0 spiro atoms. The van der Waals surface area contributed by atoms with E-state index in [4.69, 9.17) is 23.2 Å². The molecule has 0 N–H and O–H groups in total. The van der Waals surface area contributed by atoms with Crippen molar-refractivity contribution >= 4 is 43.1 Å². The van der Waals surface area contributed by atoms with E-state index in [1.165, 1.54) is 78.8 Å². The fraction of sp³-hybridized carbons (Fsp3) is 0.226. The molecule has 35 heavy (non-hydrogen) atoms. The van der Waals surface area contributed by atoms with E-state index in [2.05, 4.69) is 74.5 Å². The second-order valence-electron chi connectivity index (χ2n) is 9.81. The van der Waals surface area contributed by atoms with Crippen LogP contribution in [0, 0.1) is 6.92 Å². The summed E-state index contributed by atoms with van der Waals surface area (Å²) in [6.45, 7) is 4.50. The summed E-state index contributed by atoms with van der Waals surface area (Å²) >= 11 is 14.5. The summed E-state index contributed by atoms with van der Waals surface area (Å²) in [4.78, 5) is 0. The number of aryl methyl sites for hydroxylation is 2. The first-order valence-corrected chi connectivity index (χ1v) is 14.5. The van der Waals surface area contributed by atoms with Gasteiger partial charge in [-0.15, -0.1) is 0 Å². The maximum absolute atomic E-state index is 7.26. The zero-order valence-corrected chi connectivity index (χ0v) is 26.8. The molecule has 0 nitrogen and oxygen atoms in total. The Hall–Kier alpha value is -1.45. The van der Waals surface area contributed by atoms with E-state index in [9.17, 15) is 0 Å². The molecule has 0 atom stereocenters. The Labute approximate surface area is 239 Å². The van der Waals surface area contributed by atoms with E-state index in [1.807, 2.05) is 0 Å². The summed E-state index contributed by atoms with van der Waals surface area (Å²) in [5.74, 6) is 0. The van der Waals surface area contributed by atoms with Gasteiger partial charge in [0.1, 0.15) is 0 Å². The van der Waals surface area contributed by atoms with Gasteiger partial charge in [-0.05, 0) is 80.2 Å². The van der Waals surface area contributed by atoms with Gasteiger partial charge in [0.05, 0.1) is 9.52 Å². The number of benzene rings is 4. The van der Waals surface area contributed by atoms with Crippen LogP contribution in [0.2, 0.25) is 10.0 Å². The molecule has 0 saturated carbocycles. The van der Waals surface area contributed by atoms with Gasteiger partial charge in [-0.1, -0.05) is 103 Å². The van der Waals surface area contributed by atoms with Crippen LogP contribution in [0.3, 0.4) is 0 Å². The van der Waals surface area contributed by atoms with E-state index in [-0.39, 0.29) is 25.8 Å². The monoisotopic (exact) mass is 678 g/mol. The normalized spacial score (nSPS) is 12.9. The Morgan fingerprint density at radius 1 is 0.743 bits per heavy atom. The largest absolute Gasteiger partial charge is 0.0921 e. The van der Waals surface area contributed by atoms with Crippen LogP contribution in [0.4, 0.5) is 0 Å². The van der Waals surface area contributed by atoms with Crippen molar-refractivity contribution in [3.63, 3.8) is 0 Å². The van der Waals surface area contributed by atoms with Crippen LogP contribution in [0.15, 0.2) is 60.7 Å². The molecule has 4 heteroatoms. The van der Waals surface area contributed by atoms with Crippen molar-refractivity contribution < 1.29 is 25.8 Å². The molecule has 0 radical (unpaired) electrons. The SMILES string of the molecule is CCCCc1cc2c(c(Cl)c1[SiH2]c1c(C)cc3c(c1Cl)Cc1ccccc1-3)Cc1ccccc1-2.[Hf]. The quantitative estimate of drug-likeness (QED) is 0.174. The first kappa shape index (κ1) is 25.2. The molecule has 0 aliphatic heterocycles. The molecule has 0 aromatic heterocycles. The van der Waals surface area contributed by atoms with Crippen molar-refractivity contribution in [2.45, 2.75) is 46.0 Å². The summed E-state index contributed by atoms with van der Waals surface area (Å²) in [5.41, 5.74) is 13.5. The minimum atomic E-state index is -0.850. The molecule has 0 bridgehead atoms. The Balaban J connectivity index is 0.00000253. The predicted octanol–water partition coefficient (Wildman–Crippen LogP) is 6.90. The molecule has 6 rings (SSSR count). The zero-order chi connectivity index (χ0) is 23.4. The fourth-order valence-corrected chi connectivity index (χ4v) is 8.90. The predicted molar refractivity (Wildman–Crippen MR) is 151 cm³/mol. The molecule has 2 aliphatic rings. The number of hydrogen-bond acceptors (Lipinski definition) is 0. The van der Waals surface area contributed by atoms with E-state index >= 15 is 0 Å². The van der Waals surface area contributed by atoms with Gasteiger partial charge in [0, 0.05) is 48.7 Å². The van der Waals surface area contributed by atoms with Crippen LogP contribution in [0.1, 0.15) is 53.1 Å². The standard InChI is InChI=1S/C31H28Cl2Si.Hf/c1-3-4-9-21-17-25-23-13-8-6-11-20(23)16-27(25)29(33)31(21)34-30-18(2)14-24-22-12-7-5-10-19(22)15-26(24)28(30)32;/h5-8,10-14,17H,3-4,9,15-16,34H2,1-2H3;. The Morgan fingerprint density at radius 3 is 1.89 bits per heavy atom. The Bertz CT molecular complexity index is 1460. The van der Waals surface area contributed by atoms with Gasteiger partial charge in [-0.2, -0.15) is 0 Å². The smallest absolute Gasteiger partial charge is 0.0841 e. The van der Waals surface area contributed by atoms with Crippen molar-refractivity contribution in [3.8, 4) is 22.3 Å². The van der Waals surface area contributed by atoms with Gasteiger partial charge in [0.25, 0.3) is 0 Å². The molecule has 0 fully saturated rings. The van der Waals surface area contributed by atoms with Crippen molar-refractivity contribution in [2.24, 2.45) is 0 Å². The molecule has 4 aromatic rings. The Kier molecular flexibility index (Phi) is 7.30. The molecule has 0 amide bonds. The second-order valence-corrected chi connectivity index (χ2v) is 12.3. The molecular formula is C31H28Cl2HfSi. The molecule has 174 valence electrons. The van der Waals surface area contributed by atoms with Crippen LogP contribution in [0.25, 0.3) is 22.3 Å². The topological polar surface area (TPSA) is 0 Å². The van der Waals surface area contributed by atoms with Gasteiger partial charge >= 0.3 is 0 Å². The summed E-state index contributed by atoms with van der Waals surface area (Å²) in [6.07, 6.45) is 5.32. The summed E-state index contributed by atoms with van der Waals surface area (Å²) in [7, 11) is -0.850. The number of halogens is 2. The molecular weight excluding hydrogens is 650 g/mol. The number of unbranched alkanes of at least 4 members (excludes halogenated alkanes) is 1. The third-order valence-corrected chi connectivity index (χ3v) is 11.5. The van der Waals surface area contributed by atoms with Gasteiger partial charge < -0.3 is 0 Å². The van der Waals surface area contributed by atoms with Gasteiger partial charge in [0.2, 0.25) is 0 Å². The van der Waals surface area contributed by atoms with Crippen LogP contribution < -0.4 is 10.4 Å². The third-order valence-electron chi connectivity index (χ3n) is 7.76. The van der Waals surface area contributed by atoms with Crippen LogP contribution in [-0.4, -0.2) is 9.52 Å². The summed E-state index contributed by atoms with van der Waals surface area (Å²) < 4.78 is 0. The van der Waals surface area contributed by atoms with E-state index < -0.39 is 9.52 Å². The molecule has 2 aliphatic carbocycles. The van der Waals surface area contributed by atoms with Gasteiger partial charge in [-0.3, -0.25) is 0 Å². The number of rotatable bonds is 5. The minimum Gasteiger partial charge on any atom is -0.0841 e. The molecule has 0 saturated heterocycles. The van der Waals surface area contributed by atoms with E-state index in [1.54, 1.807) is 0 Å². The maximum Gasteiger partial charge on any atom is 0.0921 e. The van der Waals surface area contributed by atoms with Gasteiger partial charge in [0.15, 0.2) is 0 Å².